The van der Waals surface area contributed by atoms with Crippen LogP contribution in [0.5, 0.6) is 5.75 Å². The zero-order valence-corrected chi connectivity index (χ0v) is 25.4. The largest absolute Gasteiger partial charge is 0.478 e. The second-order valence-electron chi connectivity index (χ2n) is 10.2. The zero-order chi connectivity index (χ0) is 27.0. The van der Waals surface area contributed by atoms with Gasteiger partial charge in [0.25, 0.3) is 5.91 Å². The molecule has 6 rings (SSSR count). The number of amides is 1. The number of hydrogen-bond acceptors (Lipinski definition) is 6. The number of aromatic nitrogens is 1. The van der Waals surface area contributed by atoms with Crippen LogP contribution in [0.3, 0.4) is 0 Å². The molecule has 5 nitrogen and oxygen atoms in total. The molecule has 3 aromatic carbocycles. The Morgan fingerprint density at radius 3 is 2.50 bits per heavy atom. The third-order valence-corrected chi connectivity index (χ3v) is 9.29. The number of carbonyl (C=O) groups is 1. The maximum atomic E-state index is 13.6. The number of fused-ring (bicyclic) bond motifs is 2. The van der Waals surface area contributed by atoms with Gasteiger partial charge in [0.1, 0.15) is 15.8 Å². The smallest absolute Gasteiger partial charge is 0.268 e. The Bertz CT molecular complexity index is 1600. The summed E-state index contributed by atoms with van der Waals surface area (Å²) in [5.41, 5.74) is 3.52. The SMILES string of the molecule is CC(C)(Oc1ccc(Cl)cc1)C(=O)Nc1sc2c(c1-c1nc3ccccc3s1)CCN(Cc1ccccc1)C2.Cl. The van der Waals surface area contributed by atoms with E-state index in [0.717, 1.165) is 51.8 Å². The molecule has 0 unspecified atom stereocenters. The molecule has 0 bridgehead atoms. The fourth-order valence-corrected chi connectivity index (χ4v) is 7.35. The van der Waals surface area contributed by atoms with Crippen molar-refractivity contribution in [2.75, 3.05) is 11.9 Å². The number of carbonyl (C=O) groups excluding carboxylic acids is 1. The van der Waals surface area contributed by atoms with Gasteiger partial charge in [-0.15, -0.1) is 35.1 Å². The number of thiazole rings is 1. The summed E-state index contributed by atoms with van der Waals surface area (Å²) in [6, 6.07) is 25.8. The summed E-state index contributed by atoms with van der Waals surface area (Å²) in [6.07, 6.45) is 0.907. The lowest BCUT2D eigenvalue weighted by atomic mass is 10.0. The monoisotopic (exact) mass is 609 g/mol. The van der Waals surface area contributed by atoms with Crippen LogP contribution in [-0.2, 0) is 24.3 Å². The minimum absolute atomic E-state index is 0. The highest BCUT2D eigenvalue weighted by Gasteiger charge is 2.33. The second kappa shape index (κ2) is 11.9. The Morgan fingerprint density at radius 2 is 1.75 bits per heavy atom. The molecule has 1 aliphatic rings. The van der Waals surface area contributed by atoms with Gasteiger partial charge in [0.2, 0.25) is 0 Å². The highest BCUT2D eigenvalue weighted by Crippen LogP contribution is 2.46. The Balaban J connectivity index is 0.00000323. The molecule has 5 aromatic rings. The molecular weight excluding hydrogens is 581 g/mol. The van der Waals surface area contributed by atoms with Gasteiger partial charge in [-0.1, -0.05) is 54.1 Å². The summed E-state index contributed by atoms with van der Waals surface area (Å²) in [7, 11) is 0. The fraction of sp³-hybridized carbons (Fsp3) is 0.226. The predicted molar refractivity (Wildman–Crippen MR) is 169 cm³/mol. The molecule has 0 radical (unpaired) electrons. The van der Waals surface area contributed by atoms with E-state index in [9.17, 15) is 4.79 Å². The van der Waals surface area contributed by atoms with Crippen molar-refractivity contribution in [2.24, 2.45) is 0 Å². The number of rotatable bonds is 7. The Labute approximate surface area is 253 Å². The van der Waals surface area contributed by atoms with Crippen LogP contribution < -0.4 is 10.1 Å². The van der Waals surface area contributed by atoms with Gasteiger partial charge in [-0.2, -0.15) is 0 Å². The van der Waals surface area contributed by atoms with Crippen molar-refractivity contribution in [2.45, 2.75) is 39.0 Å². The van der Waals surface area contributed by atoms with E-state index in [1.165, 1.54) is 16.0 Å². The Kier molecular flexibility index (Phi) is 8.50. The summed E-state index contributed by atoms with van der Waals surface area (Å²) in [4.78, 5) is 22.3. The molecule has 0 saturated heterocycles. The van der Waals surface area contributed by atoms with E-state index in [1.54, 1.807) is 60.8 Å². The average molecular weight is 611 g/mol. The number of anilines is 1. The van der Waals surface area contributed by atoms with E-state index in [2.05, 4.69) is 46.6 Å². The van der Waals surface area contributed by atoms with Gasteiger partial charge in [0.05, 0.1) is 10.2 Å². The Morgan fingerprint density at radius 1 is 1.02 bits per heavy atom. The number of halogens is 2. The van der Waals surface area contributed by atoms with E-state index in [0.29, 0.717) is 10.8 Å². The van der Waals surface area contributed by atoms with Crippen molar-refractivity contribution in [3.63, 3.8) is 0 Å². The van der Waals surface area contributed by atoms with Gasteiger partial charge >= 0.3 is 0 Å². The normalized spacial score (nSPS) is 13.5. The first-order valence-electron chi connectivity index (χ1n) is 12.9. The number of benzene rings is 3. The zero-order valence-electron chi connectivity index (χ0n) is 22.1. The molecular formula is C31H29Cl2N3O2S2. The van der Waals surface area contributed by atoms with E-state index >= 15 is 0 Å². The van der Waals surface area contributed by atoms with Crippen LogP contribution in [0.25, 0.3) is 20.8 Å². The van der Waals surface area contributed by atoms with Crippen LogP contribution in [-0.4, -0.2) is 27.9 Å². The second-order valence-corrected chi connectivity index (χ2v) is 12.7. The molecule has 40 heavy (non-hydrogen) atoms. The van der Waals surface area contributed by atoms with E-state index in [1.807, 2.05) is 18.2 Å². The van der Waals surface area contributed by atoms with Crippen LogP contribution in [0.4, 0.5) is 5.00 Å². The van der Waals surface area contributed by atoms with Gasteiger partial charge < -0.3 is 10.1 Å². The minimum Gasteiger partial charge on any atom is -0.478 e. The first-order valence-corrected chi connectivity index (χ1v) is 14.9. The lowest BCUT2D eigenvalue weighted by molar-refractivity contribution is -0.128. The third-order valence-electron chi connectivity index (χ3n) is 6.85. The van der Waals surface area contributed by atoms with Crippen molar-refractivity contribution in [1.82, 2.24) is 9.88 Å². The van der Waals surface area contributed by atoms with Crippen molar-refractivity contribution < 1.29 is 9.53 Å². The molecule has 9 heteroatoms. The van der Waals surface area contributed by atoms with Crippen molar-refractivity contribution >= 4 is 67.8 Å². The van der Waals surface area contributed by atoms with Crippen LogP contribution in [0, 0.1) is 0 Å². The highest BCUT2D eigenvalue weighted by atomic mass is 35.5. The number of hydrogen-bond donors (Lipinski definition) is 1. The van der Waals surface area contributed by atoms with Crippen molar-refractivity contribution in [3.8, 4) is 16.3 Å². The van der Waals surface area contributed by atoms with Gasteiger partial charge in [0, 0.05) is 35.1 Å². The maximum absolute atomic E-state index is 13.6. The van der Waals surface area contributed by atoms with E-state index < -0.39 is 5.60 Å². The summed E-state index contributed by atoms with van der Waals surface area (Å²) in [5, 5.41) is 5.62. The van der Waals surface area contributed by atoms with Crippen molar-refractivity contribution in [1.29, 1.82) is 0 Å². The lowest BCUT2D eigenvalue weighted by Crippen LogP contribution is -2.42. The molecule has 0 aliphatic carbocycles. The van der Waals surface area contributed by atoms with Crippen LogP contribution in [0.2, 0.25) is 5.02 Å². The number of nitrogens with zero attached hydrogens (tertiary/aromatic N) is 2. The predicted octanol–water partition coefficient (Wildman–Crippen LogP) is 8.45. The molecule has 0 atom stereocenters. The maximum Gasteiger partial charge on any atom is 0.268 e. The van der Waals surface area contributed by atoms with Gasteiger partial charge in [0.15, 0.2) is 5.60 Å². The van der Waals surface area contributed by atoms with Gasteiger partial charge in [-0.3, -0.25) is 9.69 Å². The molecule has 2 aromatic heterocycles. The molecule has 0 saturated carbocycles. The molecule has 3 heterocycles. The van der Waals surface area contributed by atoms with Crippen LogP contribution >= 0.6 is 46.7 Å². The number of ether oxygens (including phenoxy) is 1. The first-order chi connectivity index (χ1) is 18.9. The highest BCUT2D eigenvalue weighted by molar-refractivity contribution is 7.23. The van der Waals surface area contributed by atoms with Gasteiger partial charge in [-0.05, 0) is 67.8 Å². The summed E-state index contributed by atoms with van der Waals surface area (Å²) in [6.45, 7) is 6.26. The third kappa shape index (κ3) is 6.04. The van der Waals surface area contributed by atoms with Crippen LogP contribution in [0.15, 0.2) is 78.9 Å². The molecule has 1 N–H and O–H groups in total. The summed E-state index contributed by atoms with van der Waals surface area (Å²) < 4.78 is 7.22. The molecule has 1 aliphatic heterocycles. The fourth-order valence-electron chi connectivity index (χ4n) is 4.82. The van der Waals surface area contributed by atoms with Crippen molar-refractivity contribution in [3.05, 3.63) is 99.9 Å². The summed E-state index contributed by atoms with van der Waals surface area (Å²) in [5.74, 6) is 0.382. The quantitative estimate of drug-likeness (QED) is 0.201. The average Bonchev–Trinajstić information content (AvgIpc) is 3.51. The minimum atomic E-state index is -1.09. The topological polar surface area (TPSA) is 54.5 Å². The number of para-hydroxylation sites is 1. The Hall–Kier alpha value is -2.94. The molecule has 0 spiro atoms. The first kappa shape index (κ1) is 28.6. The van der Waals surface area contributed by atoms with Gasteiger partial charge in [-0.25, -0.2) is 4.98 Å². The molecule has 1 amide bonds. The van der Waals surface area contributed by atoms with E-state index in [4.69, 9.17) is 21.3 Å². The summed E-state index contributed by atoms with van der Waals surface area (Å²) >= 11 is 9.35. The number of nitrogens with one attached hydrogen (secondary N) is 1. The van der Waals surface area contributed by atoms with E-state index in [-0.39, 0.29) is 18.3 Å². The lowest BCUT2D eigenvalue weighted by Gasteiger charge is -2.27. The number of thiophene rings is 1. The molecule has 0 fully saturated rings. The molecule has 206 valence electrons. The standard InChI is InChI=1S/C31H28ClN3O2S2.ClH/c1-31(2,37-22-14-12-21(32)13-15-22)30(36)34-29-27(28-33-24-10-6-7-11-25(24)38-28)23-16-17-35(19-26(23)39-29)18-20-8-4-3-5-9-20;/h3-15H,16-19H2,1-2H3,(H,34,36);1H. The van der Waals surface area contributed by atoms with Crippen LogP contribution in [0.1, 0.15) is 29.9 Å².